The number of hydrogen-bond acceptors (Lipinski definition) is 3. The molecule has 0 radical (unpaired) electrons. The molecule has 2 aromatic carbocycles. The van der Waals surface area contributed by atoms with Crippen LogP contribution in [-0.4, -0.2) is 14.2 Å². The average Bonchev–Trinajstić information content (AvgIpc) is 2.53. The molecule has 0 amide bonds. The first kappa shape index (κ1) is 18.4. The zero-order valence-corrected chi connectivity index (χ0v) is 15.4. The minimum Gasteiger partial charge on any atom is -0.294 e. The molecule has 0 N–H and O–H groups in total. The van der Waals surface area contributed by atoms with Crippen molar-refractivity contribution in [1.29, 1.82) is 0 Å². The molecule has 2 rings (SSSR count). The minimum absolute atomic E-state index is 0.0229. The number of carbonyl (C=O) groups excluding carboxylic acids is 1. The van der Waals surface area contributed by atoms with Crippen molar-refractivity contribution in [2.75, 3.05) is 0 Å². The summed E-state index contributed by atoms with van der Waals surface area (Å²) >= 11 is 5.89. The van der Waals surface area contributed by atoms with E-state index in [0.717, 1.165) is 0 Å². The normalized spacial score (nSPS) is 12.9. The molecular formula is C19H19ClO3S. The maximum Gasteiger partial charge on any atom is 0.207 e. The summed E-state index contributed by atoms with van der Waals surface area (Å²) < 4.78 is 26.1. The van der Waals surface area contributed by atoms with Gasteiger partial charge in [-0.3, -0.25) is 4.79 Å². The Hall–Kier alpha value is -1.91. The van der Waals surface area contributed by atoms with Gasteiger partial charge in [-0.1, -0.05) is 62.7 Å². The third kappa shape index (κ3) is 4.13. The lowest BCUT2D eigenvalue weighted by Gasteiger charge is -2.16. The second-order valence-electron chi connectivity index (χ2n) is 6.45. The summed E-state index contributed by atoms with van der Waals surface area (Å²) in [6, 6.07) is 14.5. The summed E-state index contributed by atoms with van der Waals surface area (Å²) in [4.78, 5) is 12.5. The van der Waals surface area contributed by atoms with E-state index < -0.39 is 15.3 Å². The molecule has 0 atom stereocenters. The van der Waals surface area contributed by atoms with Gasteiger partial charge < -0.3 is 0 Å². The fraction of sp³-hybridized carbons (Fsp3) is 0.211. The van der Waals surface area contributed by atoms with Crippen molar-refractivity contribution in [3.05, 3.63) is 71.3 Å². The van der Waals surface area contributed by atoms with Crippen molar-refractivity contribution in [3.8, 4) is 0 Å². The summed E-state index contributed by atoms with van der Waals surface area (Å²) in [5, 5.41) is 0.498. The number of ketones is 1. The van der Waals surface area contributed by atoms with Crippen molar-refractivity contribution in [2.24, 2.45) is 5.41 Å². The molecule has 24 heavy (non-hydrogen) atoms. The zero-order valence-electron chi connectivity index (χ0n) is 13.8. The van der Waals surface area contributed by atoms with Crippen LogP contribution in [0.5, 0.6) is 0 Å². The number of sulfone groups is 1. The van der Waals surface area contributed by atoms with Crippen molar-refractivity contribution >= 4 is 32.1 Å². The van der Waals surface area contributed by atoms with Crippen LogP contribution in [0.25, 0.3) is 4.91 Å². The van der Waals surface area contributed by atoms with Gasteiger partial charge in [-0.05, 0) is 29.8 Å². The van der Waals surface area contributed by atoms with Gasteiger partial charge in [0.25, 0.3) is 0 Å². The van der Waals surface area contributed by atoms with E-state index in [1.54, 1.807) is 63.2 Å². The largest absolute Gasteiger partial charge is 0.294 e. The number of benzene rings is 2. The Balaban J connectivity index is 2.66. The lowest BCUT2D eigenvalue weighted by molar-refractivity contribution is -0.121. The number of allylic oxidation sites excluding steroid dienone is 1. The molecule has 0 fully saturated rings. The Morgan fingerprint density at radius 3 is 2.00 bits per heavy atom. The van der Waals surface area contributed by atoms with Crippen LogP contribution in [0.15, 0.2) is 65.6 Å². The topological polar surface area (TPSA) is 51.2 Å². The summed E-state index contributed by atoms with van der Waals surface area (Å²) in [7, 11) is -3.83. The van der Waals surface area contributed by atoms with Gasteiger partial charge >= 0.3 is 0 Å². The van der Waals surface area contributed by atoms with Crippen molar-refractivity contribution < 1.29 is 13.2 Å². The predicted molar refractivity (Wildman–Crippen MR) is 97.5 cm³/mol. The molecule has 0 saturated carbocycles. The number of carbonyl (C=O) groups is 1. The first-order valence-corrected chi connectivity index (χ1v) is 9.31. The second kappa shape index (κ2) is 6.91. The molecule has 3 nitrogen and oxygen atoms in total. The highest BCUT2D eigenvalue weighted by Crippen LogP contribution is 2.30. The monoisotopic (exact) mass is 362 g/mol. The summed E-state index contributed by atoms with van der Waals surface area (Å²) in [6.07, 6.45) is 1.21. The number of hydrogen-bond donors (Lipinski definition) is 0. The van der Waals surface area contributed by atoms with Gasteiger partial charge in [-0.15, -0.1) is 0 Å². The fourth-order valence-corrected chi connectivity index (χ4v) is 3.60. The molecule has 0 bridgehead atoms. The highest BCUT2D eigenvalue weighted by molar-refractivity contribution is 8.00. The van der Waals surface area contributed by atoms with Crippen LogP contribution in [0.1, 0.15) is 26.3 Å². The van der Waals surface area contributed by atoms with E-state index in [9.17, 15) is 13.2 Å². The zero-order chi connectivity index (χ0) is 18.0. The van der Waals surface area contributed by atoms with Crippen LogP contribution in [0.3, 0.4) is 0 Å². The maximum absolute atomic E-state index is 13.0. The van der Waals surface area contributed by atoms with E-state index in [-0.39, 0.29) is 15.6 Å². The third-order valence-electron chi connectivity index (χ3n) is 3.47. The minimum atomic E-state index is -3.83. The molecule has 0 unspecified atom stereocenters. The van der Waals surface area contributed by atoms with Crippen LogP contribution >= 0.6 is 11.6 Å². The Kier molecular flexibility index (Phi) is 5.31. The van der Waals surface area contributed by atoms with Crippen LogP contribution in [0.2, 0.25) is 5.02 Å². The summed E-state index contributed by atoms with van der Waals surface area (Å²) in [5.41, 5.74) is -0.245. The molecule has 126 valence electrons. The highest BCUT2D eigenvalue weighted by Gasteiger charge is 2.26. The van der Waals surface area contributed by atoms with Crippen LogP contribution < -0.4 is 0 Å². The van der Waals surface area contributed by atoms with Gasteiger partial charge in [0.2, 0.25) is 9.84 Å². The van der Waals surface area contributed by atoms with Gasteiger partial charge in [0.05, 0.1) is 9.80 Å². The van der Waals surface area contributed by atoms with Gasteiger partial charge in [0, 0.05) is 16.5 Å². The quantitative estimate of drug-likeness (QED) is 0.736. The van der Waals surface area contributed by atoms with E-state index in [1.807, 2.05) is 0 Å². The lowest BCUT2D eigenvalue weighted by atomic mass is 9.90. The summed E-state index contributed by atoms with van der Waals surface area (Å²) in [5.74, 6) is -0.257. The molecule has 2 aromatic rings. The van der Waals surface area contributed by atoms with E-state index >= 15 is 0 Å². The molecule has 0 aliphatic rings. The lowest BCUT2D eigenvalue weighted by Crippen LogP contribution is -2.19. The Bertz CT molecular complexity index is 859. The van der Waals surface area contributed by atoms with Gasteiger partial charge in [-0.25, -0.2) is 8.42 Å². The Labute approximate surface area is 147 Å². The molecule has 0 aromatic heterocycles. The highest BCUT2D eigenvalue weighted by atomic mass is 35.5. The number of halogens is 1. The second-order valence-corrected chi connectivity index (χ2v) is 8.80. The van der Waals surface area contributed by atoms with Crippen LogP contribution in [0, 0.1) is 5.41 Å². The molecule has 0 heterocycles. The van der Waals surface area contributed by atoms with E-state index in [1.165, 1.54) is 18.2 Å². The van der Waals surface area contributed by atoms with Crippen LogP contribution in [-0.2, 0) is 14.6 Å². The average molecular weight is 363 g/mol. The van der Waals surface area contributed by atoms with E-state index in [2.05, 4.69) is 0 Å². The molecule has 0 aliphatic carbocycles. The van der Waals surface area contributed by atoms with Crippen molar-refractivity contribution in [1.82, 2.24) is 0 Å². The SMILES string of the molecule is CC(C)(C)C(=O)C=C(c1ccc(Cl)cc1)S(=O)(=O)c1ccccc1. The van der Waals surface area contributed by atoms with Gasteiger partial charge in [0.1, 0.15) is 0 Å². The van der Waals surface area contributed by atoms with E-state index in [0.29, 0.717) is 10.6 Å². The van der Waals surface area contributed by atoms with Crippen LogP contribution in [0.4, 0.5) is 0 Å². The number of rotatable bonds is 4. The van der Waals surface area contributed by atoms with E-state index in [4.69, 9.17) is 11.6 Å². The fourth-order valence-electron chi connectivity index (χ4n) is 1.99. The molecule has 0 aliphatic heterocycles. The predicted octanol–water partition coefficient (Wildman–Crippen LogP) is 4.77. The molecule has 0 saturated heterocycles. The first-order valence-electron chi connectivity index (χ1n) is 7.44. The molecule has 0 spiro atoms. The smallest absolute Gasteiger partial charge is 0.207 e. The Morgan fingerprint density at radius 1 is 0.958 bits per heavy atom. The summed E-state index contributed by atoms with van der Waals surface area (Å²) in [6.45, 7) is 5.25. The molecular weight excluding hydrogens is 344 g/mol. The van der Waals surface area contributed by atoms with Crippen molar-refractivity contribution in [2.45, 2.75) is 25.7 Å². The maximum atomic E-state index is 13.0. The standard InChI is InChI=1S/C19H19ClO3S/c1-19(2,3)18(21)13-17(14-9-11-15(20)12-10-14)24(22,23)16-7-5-4-6-8-16/h4-13H,1-3H3. The Morgan fingerprint density at radius 2 is 1.50 bits per heavy atom. The third-order valence-corrected chi connectivity index (χ3v) is 5.55. The van der Waals surface area contributed by atoms with Gasteiger partial charge in [0.15, 0.2) is 5.78 Å². The first-order chi connectivity index (χ1) is 11.1. The van der Waals surface area contributed by atoms with Gasteiger partial charge in [-0.2, -0.15) is 0 Å². The van der Waals surface area contributed by atoms with Crippen molar-refractivity contribution in [3.63, 3.8) is 0 Å². The molecule has 5 heteroatoms.